The van der Waals surface area contributed by atoms with Crippen molar-refractivity contribution < 1.29 is 0 Å². The minimum Gasteiger partial charge on any atom is -0.0616 e. The fourth-order valence-corrected chi connectivity index (χ4v) is 10.5. The molecule has 0 amide bonds. The van der Waals surface area contributed by atoms with Crippen molar-refractivity contribution >= 4 is 53.9 Å². The molecule has 0 fully saturated rings. The topological polar surface area (TPSA) is 0 Å². The lowest BCUT2D eigenvalue weighted by atomic mass is 9.79. The second-order valence-electron chi connectivity index (χ2n) is 16.8. The standard InChI is InChI=1S/C59H40/c1-59(2)54-32-31-42(36-53(54)57-47-23-7-5-21-45(47)46-22-6-12-28-52(46)58(57)59)40-18-14-20-44(35-40)56-50-26-10-8-24-48(50)55(49-25-9-11-27-51(49)56)43-19-13-17-39(34-43)41-30-29-37-15-3-4-16-38(37)33-41/h3-36H,1-2H3. The molecule has 0 bridgehead atoms. The van der Waals surface area contributed by atoms with E-state index in [-0.39, 0.29) is 5.41 Å². The molecule has 0 nitrogen and oxygen atoms in total. The summed E-state index contributed by atoms with van der Waals surface area (Å²) in [7, 11) is 0. The van der Waals surface area contributed by atoms with Crippen LogP contribution < -0.4 is 0 Å². The molecular weight excluding hydrogens is 709 g/mol. The Morgan fingerprint density at radius 3 is 1.25 bits per heavy atom. The summed E-state index contributed by atoms with van der Waals surface area (Å²) in [5.74, 6) is 0. The van der Waals surface area contributed by atoms with E-state index in [1.54, 1.807) is 0 Å². The first-order valence-corrected chi connectivity index (χ1v) is 20.8. The fraction of sp³-hybridized carbons (Fsp3) is 0.0508. The molecule has 0 spiro atoms. The molecule has 0 aliphatic heterocycles. The molecule has 1 aliphatic carbocycles. The Hall–Kier alpha value is -7.28. The van der Waals surface area contributed by atoms with Crippen molar-refractivity contribution in [2.45, 2.75) is 19.3 Å². The van der Waals surface area contributed by atoms with Gasteiger partial charge in [0.2, 0.25) is 0 Å². The third-order valence-corrected chi connectivity index (χ3v) is 13.2. The van der Waals surface area contributed by atoms with Crippen molar-refractivity contribution in [3.05, 3.63) is 217 Å². The average molecular weight is 749 g/mol. The van der Waals surface area contributed by atoms with E-state index in [0.29, 0.717) is 0 Å². The van der Waals surface area contributed by atoms with Gasteiger partial charge in [0, 0.05) is 5.41 Å². The summed E-state index contributed by atoms with van der Waals surface area (Å²) in [5.41, 5.74) is 15.4. The van der Waals surface area contributed by atoms with Gasteiger partial charge in [0.25, 0.3) is 0 Å². The molecule has 11 aromatic rings. The summed E-state index contributed by atoms with van der Waals surface area (Å²) in [6.45, 7) is 4.80. The molecule has 0 heteroatoms. The Labute approximate surface area is 344 Å². The van der Waals surface area contributed by atoms with E-state index in [0.717, 1.165) is 0 Å². The van der Waals surface area contributed by atoms with Gasteiger partial charge in [0.05, 0.1) is 0 Å². The van der Waals surface area contributed by atoms with Gasteiger partial charge < -0.3 is 0 Å². The maximum absolute atomic E-state index is 2.46. The molecule has 0 aromatic heterocycles. The Bertz CT molecular complexity index is 3470. The highest BCUT2D eigenvalue weighted by atomic mass is 14.4. The Balaban J connectivity index is 1.03. The van der Waals surface area contributed by atoms with Gasteiger partial charge >= 0.3 is 0 Å². The first kappa shape index (κ1) is 33.8. The third kappa shape index (κ3) is 5.09. The summed E-state index contributed by atoms with van der Waals surface area (Å²) in [5, 5.41) is 12.9. The number of hydrogen-bond donors (Lipinski definition) is 0. The normalized spacial score (nSPS) is 13.1. The van der Waals surface area contributed by atoms with Gasteiger partial charge in [0.1, 0.15) is 0 Å². The quantitative estimate of drug-likeness (QED) is 0.124. The second-order valence-corrected chi connectivity index (χ2v) is 16.8. The van der Waals surface area contributed by atoms with Gasteiger partial charge in [-0.25, -0.2) is 0 Å². The fourth-order valence-electron chi connectivity index (χ4n) is 10.5. The van der Waals surface area contributed by atoms with Crippen molar-refractivity contribution in [2.24, 2.45) is 0 Å². The van der Waals surface area contributed by atoms with Gasteiger partial charge in [-0.15, -0.1) is 0 Å². The van der Waals surface area contributed by atoms with Crippen LogP contribution in [0.4, 0.5) is 0 Å². The largest absolute Gasteiger partial charge is 0.0616 e. The molecular formula is C59H40. The van der Waals surface area contributed by atoms with Crippen LogP contribution >= 0.6 is 0 Å². The zero-order chi connectivity index (χ0) is 39.2. The molecule has 0 saturated carbocycles. The molecule has 0 radical (unpaired) electrons. The molecule has 12 rings (SSSR count). The van der Waals surface area contributed by atoms with E-state index >= 15 is 0 Å². The minimum atomic E-state index is -0.122. The van der Waals surface area contributed by atoms with Gasteiger partial charge in [-0.3, -0.25) is 0 Å². The number of fused-ring (bicyclic) bond motifs is 11. The molecule has 59 heavy (non-hydrogen) atoms. The Morgan fingerprint density at radius 1 is 0.271 bits per heavy atom. The van der Waals surface area contributed by atoms with Gasteiger partial charge in [-0.1, -0.05) is 196 Å². The highest BCUT2D eigenvalue weighted by molar-refractivity contribution is 6.22. The monoisotopic (exact) mass is 748 g/mol. The predicted molar refractivity (Wildman–Crippen MR) is 253 cm³/mol. The number of rotatable bonds is 4. The molecule has 0 heterocycles. The number of benzene rings is 11. The zero-order valence-corrected chi connectivity index (χ0v) is 33.1. The SMILES string of the molecule is CC1(C)c2ccc(-c3cccc(-c4c5ccccc5c(-c5cccc(-c6ccc7ccccc7c6)c5)c5ccccc45)c3)cc2-c2c1c1ccccc1c1ccccc21. The summed E-state index contributed by atoms with van der Waals surface area (Å²) in [6, 6.07) is 76.8. The van der Waals surface area contributed by atoms with Crippen LogP contribution in [-0.4, -0.2) is 0 Å². The van der Waals surface area contributed by atoms with Gasteiger partial charge in [-0.2, -0.15) is 0 Å². The van der Waals surface area contributed by atoms with Crippen LogP contribution in [0.5, 0.6) is 0 Å². The molecule has 1 aliphatic rings. The van der Waals surface area contributed by atoms with Crippen molar-refractivity contribution in [3.63, 3.8) is 0 Å². The van der Waals surface area contributed by atoms with Crippen LogP contribution in [-0.2, 0) is 5.41 Å². The van der Waals surface area contributed by atoms with Crippen LogP contribution in [0.3, 0.4) is 0 Å². The molecule has 276 valence electrons. The lowest BCUT2D eigenvalue weighted by Crippen LogP contribution is -2.15. The van der Waals surface area contributed by atoms with E-state index in [9.17, 15) is 0 Å². The van der Waals surface area contributed by atoms with Gasteiger partial charge in [-0.05, 0) is 145 Å². The van der Waals surface area contributed by atoms with Crippen LogP contribution in [0, 0.1) is 0 Å². The molecule has 0 atom stereocenters. The maximum Gasteiger partial charge on any atom is 0.0165 e. The highest BCUT2D eigenvalue weighted by Crippen LogP contribution is 2.55. The summed E-state index contributed by atoms with van der Waals surface area (Å²) in [4.78, 5) is 0. The van der Waals surface area contributed by atoms with Crippen molar-refractivity contribution in [1.29, 1.82) is 0 Å². The van der Waals surface area contributed by atoms with Gasteiger partial charge in [0.15, 0.2) is 0 Å². The van der Waals surface area contributed by atoms with Crippen molar-refractivity contribution in [2.75, 3.05) is 0 Å². The number of hydrogen-bond acceptors (Lipinski definition) is 0. The molecule has 0 saturated heterocycles. The van der Waals surface area contributed by atoms with E-state index in [2.05, 4.69) is 220 Å². The van der Waals surface area contributed by atoms with Crippen molar-refractivity contribution in [3.8, 4) is 55.6 Å². The molecule has 0 N–H and O–H groups in total. The van der Waals surface area contributed by atoms with Crippen LogP contribution in [0.1, 0.15) is 25.0 Å². The van der Waals surface area contributed by atoms with E-state index in [1.807, 2.05) is 0 Å². The zero-order valence-electron chi connectivity index (χ0n) is 33.1. The van der Waals surface area contributed by atoms with Crippen LogP contribution in [0.15, 0.2) is 206 Å². The van der Waals surface area contributed by atoms with E-state index in [4.69, 9.17) is 0 Å². The smallest absolute Gasteiger partial charge is 0.0165 e. The lowest BCUT2D eigenvalue weighted by Gasteiger charge is -2.24. The first-order valence-electron chi connectivity index (χ1n) is 20.8. The second kappa shape index (κ2) is 12.9. The van der Waals surface area contributed by atoms with Crippen LogP contribution in [0.2, 0.25) is 0 Å². The average Bonchev–Trinajstić information content (AvgIpc) is 3.54. The maximum atomic E-state index is 2.46. The van der Waals surface area contributed by atoms with E-state index < -0.39 is 0 Å². The predicted octanol–water partition coefficient (Wildman–Crippen LogP) is 16.4. The van der Waals surface area contributed by atoms with Crippen LogP contribution in [0.25, 0.3) is 109 Å². The lowest BCUT2D eigenvalue weighted by molar-refractivity contribution is 0.666. The molecule has 11 aromatic carbocycles. The first-order chi connectivity index (χ1) is 29.0. The minimum absolute atomic E-state index is 0.122. The molecule has 0 unspecified atom stereocenters. The summed E-state index contributed by atoms with van der Waals surface area (Å²) < 4.78 is 0. The van der Waals surface area contributed by atoms with E-state index in [1.165, 1.54) is 121 Å². The summed E-state index contributed by atoms with van der Waals surface area (Å²) >= 11 is 0. The summed E-state index contributed by atoms with van der Waals surface area (Å²) in [6.07, 6.45) is 0. The highest BCUT2D eigenvalue weighted by Gasteiger charge is 2.38. The third-order valence-electron chi connectivity index (χ3n) is 13.2. The Morgan fingerprint density at radius 2 is 0.678 bits per heavy atom. The Kier molecular flexibility index (Phi) is 7.38. The van der Waals surface area contributed by atoms with Crippen molar-refractivity contribution in [1.82, 2.24) is 0 Å².